The van der Waals surface area contributed by atoms with Gasteiger partial charge in [0.25, 0.3) is 0 Å². The molecule has 1 aromatic carbocycles. The van der Waals surface area contributed by atoms with Crippen LogP contribution in [-0.4, -0.2) is 63.0 Å². The van der Waals surface area contributed by atoms with E-state index in [4.69, 9.17) is 9.47 Å². The van der Waals surface area contributed by atoms with Crippen molar-refractivity contribution < 1.29 is 32.3 Å². The third kappa shape index (κ3) is 5.23. The normalized spacial score (nSPS) is 19.9. The largest absolute Gasteiger partial charge is 0.463 e. The van der Waals surface area contributed by atoms with Gasteiger partial charge in [0, 0.05) is 6.54 Å². The predicted molar refractivity (Wildman–Crippen MR) is 109 cm³/mol. The summed E-state index contributed by atoms with van der Waals surface area (Å²) in [6.07, 6.45) is 1.64. The number of benzene rings is 1. The highest BCUT2D eigenvalue weighted by atomic mass is 32.2. The molecule has 10 nitrogen and oxygen atoms in total. The van der Waals surface area contributed by atoms with Crippen LogP contribution in [0, 0.1) is 0 Å². The molecule has 2 N–H and O–H groups in total. The summed E-state index contributed by atoms with van der Waals surface area (Å²) in [6.45, 7) is 1.57. The van der Waals surface area contributed by atoms with Crippen LogP contribution < -0.4 is 10.6 Å². The highest BCUT2D eigenvalue weighted by molar-refractivity contribution is 7.89. The summed E-state index contributed by atoms with van der Waals surface area (Å²) in [4.78, 5) is 36.7. The molecule has 1 atom stereocenters. The number of amides is 2. The number of piperidine rings is 1. The van der Waals surface area contributed by atoms with Gasteiger partial charge in [-0.15, -0.1) is 0 Å². The fourth-order valence-corrected chi connectivity index (χ4v) is 5.13. The van der Waals surface area contributed by atoms with Crippen LogP contribution >= 0.6 is 0 Å². The van der Waals surface area contributed by atoms with E-state index in [1.807, 2.05) is 0 Å². The first kappa shape index (κ1) is 22.8. The summed E-state index contributed by atoms with van der Waals surface area (Å²) in [5.41, 5.74) is 0.260. The molecule has 0 spiro atoms. The molecule has 2 aliphatic heterocycles. The van der Waals surface area contributed by atoms with Crippen molar-refractivity contribution >= 4 is 28.0 Å². The number of sulfonamides is 1. The Hall–Kier alpha value is -2.92. The molecule has 0 saturated carbocycles. The summed E-state index contributed by atoms with van der Waals surface area (Å²) in [6, 6.07) is 6.39. The standard InChI is InChI=1S/C20H25N3O7S/c1-2-29-18(24)15-12-21-20(26)22-16(15)13-30-19(25)17-10-6-7-11-23(17)31(27,28)14-8-4-3-5-9-14/h3-5,8-9,17H,2,6-7,10-13H2,1H3,(H2,21,22,26)/t17-/m0/s1. The van der Waals surface area contributed by atoms with E-state index >= 15 is 0 Å². The maximum absolute atomic E-state index is 13.0. The second-order valence-electron chi connectivity index (χ2n) is 7.03. The zero-order chi connectivity index (χ0) is 22.4. The topological polar surface area (TPSA) is 131 Å². The van der Waals surface area contributed by atoms with E-state index in [0.717, 1.165) is 4.31 Å². The van der Waals surface area contributed by atoms with E-state index in [0.29, 0.717) is 19.3 Å². The van der Waals surface area contributed by atoms with Crippen LogP contribution in [0.2, 0.25) is 0 Å². The lowest BCUT2D eigenvalue weighted by molar-refractivity contribution is -0.148. The Morgan fingerprint density at radius 3 is 2.61 bits per heavy atom. The Morgan fingerprint density at radius 1 is 1.16 bits per heavy atom. The number of rotatable bonds is 7. The van der Waals surface area contributed by atoms with Gasteiger partial charge in [-0.25, -0.2) is 18.0 Å². The van der Waals surface area contributed by atoms with Crippen molar-refractivity contribution in [2.24, 2.45) is 0 Å². The lowest BCUT2D eigenvalue weighted by Gasteiger charge is -2.33. The number of hydrogen-bond acceptors (Lipinski definition) is 7. The molecule has 0 aromatic heterocycles. The van der Waals surface area contributed by atoms with Crippen molar-refractivity contribution in [3.05, 3.63) is 41.6 Å². The minimum Gasteiger partial charge on any atom is -0.463 e. The molecule has 2 heterocycles. The first-order valence-corrected chi connectivity index (χ1v) is 11.5. The molecule has 3 rings (SSSR count). The van der Waals surface area contributed by atoms with Crippen molar-refractivity contribution in [1.29, 1.82) is 0 Å². The number of esters is 2. The first-order chi connectivity index (χ1) is 14.8. The highest BCUT2D eigenvalue weighted by Crippen LogP contribution is 2.26. The van der Waals surface area contributed by atoms with Crippen molar-refractivity contribution in [2.75, 3.05) is 26.3 Å². The molecular formula is C20H25N3O7S. The maximum atomic E-state index is 13.0. The SMILES string of the molecule is CCOC(=O)C1=C(COC(=O)[C@@H]2CCCCN2S(=O)(=O)c2ccccc2)NC(=O)NC1. The van der Waals surface area contributed by atoms with Crippen LogP contribution in [0.3, 0.4) is 0 Å². The number of hydrogen-bond donors (Lipinski definition) is 2. The third-order valence-corrected chi connectivity index (χ3v) is 6.93. The van der Waals surface area contributed by atoms with Crippen molar-refractivity contribution in [3.8, 4) is 0 Å². The lowest BCUT2D eigenvalue weighted by atomic mass is 10.1. The number of nitrogens with one attached hydrogen (secondary N) is 2. The molecule has 31 heavy (non-hydrogen) atoms. The average Bonchev–Trinajstić information content (AvgIpc) is 2.78. The van der Waals surface area contributed by atoms with Gasteiger partial charge in [-0.2, -0.15) is 4.31 Å². The van der Waals surface area contributed by atoms with Crippen LogP contribution in [0.15, 0.2) is 46.5 Å². The monoisotopic (exact) mass is 451 g/mol. The molecule has 1 aromatic rings. The summed E-state index contributed by atoms with van der Waals surface area (Å²) in [5, 5.41) is 4.91. The zero-order valence-electron chi connectivity index (χ0n) is 17.1. The lowest BCUT2D eigenvalue weighted by Crippen LogP contribution is -2.49. The molecule has 0 aliphatic carbocycles. The smallest absolute Gasteiger partial charge is 0.337 e. The zero-order valence-corrected chi connectivity index (χ0v) is 17.9. The van der Waals surface area contributed by atoms with Gasteiger partial charge in [-0.3, -0.25) is 4.79 Å². The Morgan fingerprint density at radius 2 is 1.90 bits per heavy atom. The summed E-state index contributed by atoms with van der Waals surface area (Å²) in [7, 11) is -3.87. The van der Waals surface area contributed by atoms with Crippen molar-refractivity contribution in [2.45, 2.75) is 37.1 Å². The van der Waals surface area contributed by atoms with E-state index in [9.17, 15) is 22.8 Å². The van der Waals surface area contributed by atoms with Crippen LogP contribution in [0.4, 0.5) is 4.79 Å². The summed E-state index contributed by atoms with van der Waals surface area (Å²) >= 11 is 0. The molecule has 0 unspecified atom stereocenters. The van der Waals surface area contributed by atoms with Gasteiger partial charge in [-0.1, -0.05) is 18.2 Å². The van der Waals surface area contributed by atoms with E-state index in [1.54, 1.807) is 25.1 Å². The number of nitrogens with zero attached hydrogens (tertiary/aromatic N) is 1. The van der Waals surface area contributed by atoms with Crippen molar-refractivity contribution in [1.82, 2.24) is 14.9 Å². The van der Waals surface area contributed by atoms with Gasteiger partial charge < -0.3 is 20.1 Å². The van der Waals surface area contributed by atoms with Crippen LogP contribution in [-0.2, 0) is 29.1 Å². The summed E-state index contributed by atoms with van der Waals surface area (Å²) < 4.78 is 37.6. The van der Waals surface area contributed by atoms with E-state index in [1.165, 1.54) is 12.1 Å². The van der Waals surface area contributed by atoms with Crippen molar-refractivity contribution in [3.63, 3.8) is 0 Å². The number of ether oxygens (including phenoxy) is 2. The molecule has 168 valence electrons. The third-order valence-electron chi connectivity index (χ3n) is 5.01. The van der Waals surface area contributed by atoms with Crippen LogP contribution in [0.5, 0.6) is 0 Å². The Bertz CT molecular complexity index is 976. The summed E-state index contributed by atoms with van der Waals surface area (Å²) in [5.74, 6) is -1.37. The Labute approximate surface area is 180 Å². The second kappa shape index (κ2) is 9.92. The van der Waals surface area contributed by atoms with Gasteiger partial charge in [0.15, 0.2) is 0 Å². The van der Waals surface area contributed by atoms with E-state index in [-0.39, 0.29) is 42.5 Å². The number of carbonyl (C=O) groups is 3. The van der Waals surface area contributed by atoms with Gasteiger partial charge >= 0.3 is 18.0 Å². The molecular weight excluding hydrogens is 426 g/mol. The molecule has 1 fully saturated rings. The molecule has 2 aliphatic rings. The van der Waals surface area contributed by atoms with Gasteiger partial charge in [0.05, 0.1) is 29.3 Å². The molecule has 0 bridgehead atoms. The number of urea groups is 1. The second-order valence-corrected chi connectivity index (χ2v) is 8.92. The van der Waals surface area contributed by atoms with Gasteiger partial charge in [0.1, 0.15) is 12.6 Å². The maximum Gasteiger partial charge on any atom is 0.337 e. The van der Waals surface area contributed by atoms with E-state index < -0.39 is 34.0 Å². The molecule has 0 radical (unpaired) electrons. The predicted octanol–water partition coefficient (Wildman–Crippen LogP) is 0.903. The van der Waals surface area contributed by atoms with Crippen LogP contribution in [0.25, 0.3) is 0 Å². The highest BCUT2D eigenvalue weighted by Gasteiger charge is 2.39. The minimum atomic E-state index is -3.87. The van der Waals surface area contributed by atoms with E-state index in [2.05, 4.69) is 10.6 Å². The molecule has 1 saturated heterocycles. The quantitative estimate of drug-likeness (QED) is 0.589. The molecule has 11 heteroatoms. The molecule has 2 amide bonds. The Balaban J connectivity index is 1.76. The average molecular weight is 452 g/mol. The fourth-order valence-electron chi connectivity index (χ4n) is 3.46. The van der Waals surface area contributed by atoms with Gasteiger partial charge in [0.2, 0.25) is 10.0 Å². The van der Waals surface area contributed by atoms with Gasteiger partial charge in [-0.05, 0) is 38.3 Å². The first-order valence-electron chi connectivity index (χ1n) is 10.0. The van der Waals surface area contributed by atoms with Crippen LogP contribution in [0.1, 0.15) is 26.2 Å². The fraction of sp³-hybridized carbons (Fsp3) is 0.450. The minimum absolute atomic E-state index is 0.0600. The Kier molecular flexibility index (Phi) is 7.29. The number of carbonyl (C=O) groups excluding carboxylic acids is 3.